The molecular formula is C29H40O5. The fourth-order valence-electron chi connectivity index (χ4n) is 8.68. The molecule has 1 aromatic heterocycles. The smallest absolute Gasteiger partial charge is 0.145 e. The Hall–Kier alpha value is -1.85. The van der Waals surface area contributed by atoms with Crippen molar-refractivity contribution in [1.29, 1.82) is 0 Å². The van der Waals surface area contributed by atoms with Gasteiger partial charge in [-0.2, -0.15) is 0 Å². The molecule has 1 aromatic rings. The van der Waals surface area contributed by atoms with Crippen molar-refractivity contribution in [2.24, 2.45) is 34.0 Å². The Morgan fingerprint density at radius 1 is 1.09 bits per heavy atom. The molecule has 0 amide bonds. The summed E-state index contributed by atoms with van der Waals surface area (Å²) >= 11 is 0. The Kier molecular flexibility index (Phi) is 5.32. The molecule has 8 atom stereocenters. The van der Waals surface area contributed by atoms with E-state index in [9.17, 15) is 9.90 Å². The zero-order valence-electron chi connectivity index (χ0n) is 21.4. The van der Waals surface area contributed by atoms with Crippen LogP contribution < -0.4 is 0 Å². The molecule has 3 aliphatic carbocycles. The molecule has 5 heteroatoms. The van der Waals surface area contributed by atoms with Crippen molar-refractivity contribution in [1.82, 2.24) is 0 Å². The van der Waals surface area contributed by atoms with Crippen LogP contribution in [-0.2, 0) is 14.3 Å². The van der Waals surface area contributed by atoms with Crippen molar-refractivity contribution in [3.8, 4) is 0 Å². The average Bonchev–Trinajstić information content (AvgIpc) is 3.37. The molecule has 34 heavy (non-hydrogen) atoms. The zero-order valence-corrected chi connectivity index (χ0v) is 21.4. The molecule has 186 valence electrons. The first-order chi connectivity index (χ1) is 15.9. The Bertz CT molecular complexity index is 1010. The first kappa shape index (κ1) is 23.9. The highest BCUT2D eigenvalue weighted by Gasteiger charge is 2.82. The molecule has 2 aliphatic heterocycles. The first-order valence-electron chi connectivity index (χ1n) is 12.7. The van der Waals surface area contributed by atoms with Crippen molar-refractivity contribution in [2.75, 3.05) is 6.61 Å². The van der Waals surface area contributed by atoms with Gasteiger partial charge in [0.2, 0.25) is 0 Å². The van der Waals surface area contributed by atoms with Crippen LogP contribution in [0.4, 0.5) is 0 Å². The number of carbonyl (C=O) groups excluding carboxylic acids is 1. The third kappa shape index (κ3) is 3.02. The van der Waals surface area contributed by atoms with E-state index in [1.165, 1.54) is 5.56 Å². The van der Waals surface area contributed by atoms with Crippen LogP contribution in [0.25, 0.3) is 0 Å². The van der Waals surface area contributed by atoms with Crippen LogP contribution in [0, 0.1) is 40.9 Å². The maximum absolute atomic E-state index is 13.9. The van der Waals surface area contributed by atoms with E-state index in [4.69, 9.17) is 13.9 Å². The highest BCUT2D eigenvalue weighted by Crippen LogP contribution is 2.74. The standard InChI is InChI=1S/C24H34O4.C5H6O/c1-13-9-18(25)22(5)16-8-7-15-12-27-14(2)20-24(15,28-20)23(16,6)19(26)10-17(22)21(3,4)11-13;1-5-2-3-6-4-5/h15-18,20,25H,1-2,7-12H2,3-6H3;2-4H,1H3. The second kappa shape index (κ2) is 7.57. The van der Waals surface area contributed by atoms with Crippen LogP contribution in [0.1, 0.15) is 65.4 Å². The summed E-state index contributed by atoms with van der Waals surface area (Å²) in [7, 11) is 0. The van der Waals surface area contributed by atoms with Gasteiger partial charge >= 0.3 is 0 Å². The number of ether oxygens (including phenoxy) is 2. The summed E-state index contributed by atoms with van der Waals surface area (Å²) in [6.07, 6.45) is 6.66. The molecule has 6 rings (SSSR count). The summed E-state index contributed by atoms with van der Waals surface area (Å²) in [6, 6.07) is 1.92. The van der Waals surface area contributed by atoms with E-state index < -0.39 is 17.1 Å². The number of rotatable bonds is 0. The second-order valence-electron chi connectivity index (χ2n) is 12.6. The third-order valence-corrected chi connectivity index (χ3v) is 10.3. The number of Topliss-reactive ketones (excluding diaryl/α,β-unsaturated/α-hetero) is 1. The number of hydrogen-bond acceptors (Lipinski definition) is 5. The number of aliphatic hydroxyl groups excluding tert-OH is 1. The summed E-state index contributed by atoms with van der Waals surface area (Å²) in [5.74, 6) is 1.47. The molecule has 5 nitrogen and oxygen atoms in total. The van der Waals surface area contributed by atoms with E-state index in [2.05, 4.69) is 40.9 Å². The van der Waals surface area contributed by atoms with Crippen LogP contribution in [0.2, 0.25) is 0 Å². The number of aryl methyl sites for hydroxylation is 1. The number of aliphatic hydroxyl groups is 1. The van der Waals surface area contributed by atoms with Gasteiger partial charge in [-0.15, -0.1) is 0 Å². The largest absolute Gasteiger partial charge is 0.495 e. The maximum atomic E-state index is 13.9. The van der Waals surface area contributed by atoms with Gasteiger partial charge in [-0.25, -0.2) is 0 Å². The van der Waals surface area contributed by atoms with Crippen LogP contribution in [0.15, 0.2) is 47.5 Å². The number of ketones is 1. The molecule has 5 aliphatic rings. The summed E-state index contributed by atoms with van der Waals surface area (Å²) in [4.78, 5) is 13.9. The summed E-state index contributed by atoms with van der Waals surface area (Å²) < 4.78 is 16.8. The zero-order chi connectivity index (χ0) is 24.7. The van der Waals surface area contributed by atoms with E-state index in [1.54, 1.807) is 12.5 Å². The van der Waals surface area contributed by atoms with Crippen molar-refractivity contribution >= 4 is 5.78 Å². The normalized spacial score (nSPS) is 46.4. The SMILES string of the molecule is C=C1CC(O)C2(C)C(CC(=O)C3(C)C2CCC2COC(=C)C4OC243)C(C)(C)C1.Cc1ccoc1. The number of hydrogen-bond donors (Lipinski definition) is 1. The van der Waals surface area contributed by atoms with Gasteiger partial charge in [0.1, 0.15) is 23.2 Å². The molecule has 0 aromatic carbocycles. The summed E-state index contributed by atoms with van der Waals surface area (Å²) in [5.41, 5.74) is 0.813. The number of furan rings is 1. The lowest BCUT2D eigenvalue weighted by Crippen LogP contribution is -2.68. The van der Waals surface area contributed by atoms with E-state index in [0.29, 0.717) is 31.0 Å². The van der Waals surface area contributed by atoms with Crippen LogP contribution in [-0.4, -0.2) is 35.3 Å². The predicted molar refractivity (Wildman–Crippen MR) is 130 cm³/mol. The van der Waals surface area contributed by atoms with Crippen molar-refractivity contribution in [3.63, 3.8) is 0 Å². The van der Waals surface area contributed by atoms with Gasteiger partial charge in [-0.05, 0) is 68.4 Å². The fraction of sp³-hybridized carbons (Fsp3) is 0.690. The Morgan fingerprint density at radius 3 is 2.44 bits per heavy atom. The minimum Gasteiger partial charge on any atom is -0.495 e. The van der Waals surface area contributed by atoms with Gasteiger partial charge < -0.3 is 19.0 Å². The van der Waals surface area contributed by atoms with Crippen molar-refractivity contribution in [3.05, 3.63) is 48.6 Å². The lowest BCUT2D eigenvalue weighted by atomic mass is 9.39. The number of carbonyl (C=O) groups is 1. The summed E-state index contributed by atoms with van der Waals surface area (Å²) in [5, 5.41) is 11.5. The predicted octanol–water partition coefficient (Wildman–Crippen LogP) is 5.62. The molecule has 1 N–H and O–H groups in total. The quantitative estimate of drug-likeness (QED) is 0.395. The molecular weight excluding hydrogens is 428 g/mol. The van der Waals surface area contributed by atoms with Gasteiger partial charge in [-0.3, -0.25) is 4.79 Å². The number of epoxide rings is 1. The average molecular weight is 469 g/mol. The lowest BCUT2D eigenvalue weighted by molar-refractivity contribution is -0.201. The molecule has 3 heterocycles. The monoisotopic (exact) mass is 468 g/mol. The second-order valence-corrected chi connectivity index (χ2v) is 12.6. The Balaban J connectivity index is 0.000000351. The molecule has 0 bridgehead atoms. The molecule has 3 saturated carbocycles. The maximum Gasteiger partial charge on any atom is 0.145 e. The molecule has 5 fully saturated rings. The third-order valence-electron chi connectivity index (χ3n) is 10.3. The Labute approximate surface area is 203 Å². The van der Waals surface area contributed by atoms with E-state index in [0.717, 1.165) is 24.8 Å². The summed E-state index contributed by atoms with van der Waals surface area (Å²) in [6.45, 7) is 19.8. The fourth-order valence-corrected chi connectivity index (χ4v) is 8.68. The first-order valence-corrected chi connectivity index (χ1v) is 12.7. The number of fused-ring (bicyclic) bond motifs is 3. The van der Waals surface area contributed by atoms with Crippen molar-refractivity contribution in [2.45, 2.75) is 84.5 Å². The Morgan fingerprint density at radius 2 is 1.82 bits per heavy atom. The van der Waals surface area contributed by atoms with E-state index in [-0.39, 0.29) is 34.7 Å². The lowest BCUT2D eigenvalue weighted by Gasteiger charge is -2.64. The molecule has 2 saturated heterocycles. The van der Waals surface area contributed by atoms with Gasteiger partial charge in [0.05, 0.1) is 30.7 Å². The van der Waals surface area contributed by atoms with E-state index in [1.807, 2.05) is 13.0 Å². The minimum atomic E-state index is -0.596. The highest BCUT2D eigenvalue weighted by atomic mass is 16.6. The molecule has 1 spiro atoms. The molecule has 0 radical (unpaired) electrons. The van der Waals surface area contributed by atoms with Gasteiger partial charge in [0, 0.05) is 17.8 Å². The van der Waals surface area contributed by atoms with Crippen LogP contribution >= 0.6 is 0 Å². The van der Waals surface area contributed by atoms with Gasteiger partial charge in [0.15, 0.2) is 0 Å². The van der Waals surface area contributed by atoms with Gasteiger partial charge in [-0.1, -0.05) is 39.5 Å². The van der Waals surface area contributed by atoms with Crippen molar-refractivity contribution < 1.29 is 23.8 Å². The molecule has 8 unspecified atom stereocenters. The highest BCUT2D eigenvalue weighted by molar-refractivity contribution is 5.89. The topological polar surface area (TPSA) is 72.2 Å². The minimum absolute atomic E-state index is 0.0576. The van der Waals surface area contributed by atoms with Crippen LogP contribution in [0.3, 0.4) is 0 Å². The van der Waals surface area contributed by atoms with Gasteiger partial charge in [0.25, 0.3) is 0 Å². The van der Waals surface area contributed by atoms with E-state index >= 15 is 0 Å². The van der Waals surface area contributed by atoms with Crippen LogP contribution in [0.5, 0.6) is 0 Å².